The molecule has 0 aromatic rings. The van der Waals surface area contributed by atoms with Crippen LogP contribution in [0.15, 0.2) is 24.8 Å². The van der Waals surface area contributed by atoms with E-state index in [0.717, 1.165) is 5.75 Å². The summed E-state index contributed by atoms with van der Waals surface area (Å²) in [6.07, 6.45) is 5.69. The molecule has 0 aromatic carbocycles. The van der Waals surface area contributed by atoms with Crippen LogP contribution in [0.2, 0.25) is 0 Å². The second-order valence-corrected chi connectivity index (χ2v) is 5.00. The fraction of sp³-hybridized carbons (Fsp3) is 0.333. The lowest BCUT2D eigenvalue weighted by atomic mass is 10.4. The summed E-state index contributed by atoms with van der Waals surface area (Å²) in [4.78, 5) is 0. The summed E-state index contributed by atoms with van der Waals surface area (Å²) in [5.74, 6) is 0.872. The molecule has 2 atom stereocenters. The molecule has 0 saturated carbocycles. The zero-order valence-electron chi connectivity index (χ0n) is 4.95. The molecule has 1 nitrogen and oxygen atoms in total. The molecular formula is C6H8OS2. The van der Waals surface area contributed by atoms with Crippen molar-refractivity contribution >= 4 is 20.6 Å². The topological polar surface area (TPSA) is 17.1 Å². The van der Waals surface area contributed by atoms with Gasteiger partial charge in [0.1, 0.15) is 0 Å². The minimum Gasteiger partial charge on any atom is -0.247 e. The van der Waals surface area contributed by atoms with Crippen LogP contribution in [0.3, 0.4) is 0 Å². The molecule has 0 spiro atoms. The zero-order valence-corrected chi connectivity index (χ0v) is 6.58. The molecule has 0 radical (unpaired) electrons. The Morgan fingerprint density at radius 1 is 1.89 bits per heavy atom. The first-order valence-electron chi connectivity index (χ1n) is 2.67. The Bertz CT molecular complexity index is 162. The van der Waals surface area contributed by atoms with Crippen molar-refractivity contribution < 1.29 is 4.21 Å². The van der Waals surface area contributed by atoms with Crippen molar-refractivity contribution in [3.8, 4) is 0 Å². The van der Waals surface area contributed by atoms with E-state index in [2.05, 4.69) is 6.58 Å². The first-order chi connectivity index (χ1) is 4.34. The molecule has 0 fully saturated rings. The van der Waals surface area contributed by atoms with E-state index in [9.17, 15) is 4.21 Å². The van der Waals surface area contributed by atoms with Crippen LogP contribution in [0.1, 0.15) is 0 Å². The van der Waals surface area contributed by atoms with Gasteiger partial charge in [0.05, 0.1) is 15.1 Å². The normalized spacial score (nSPS) is 34.2. The van der Waals surface area contributed by atoms with Gasteiger partial charge in [-0.1, -0.05) is 29.0 Å². The highest BCUT2D eigenvalue weighted by molar-refractivity contribution is 8.69. The van der Waals surface area contributed by atoms with Gasteiger partial charge < -0.3 is 0 Å². The van der Waals surface area contributed by atoms with Crippen molar-refractivity contribution in [3.63, 3.8) is 0 Å². The number of rotatable bonds is 1. The molecule has 50 valence electrons. The SMILES string of the molecule is C=C[C@H]1C=CCS[S@]1=O. The third-order valence-electron chi connectivity index (χ3n) is 1.06. The van der Waals surface area contributed by atoms with E-state index >= 15 is 0 Å². The van der Waals surface area contributed by atoms with E-state index in [1.807, 2.05) is 12.2 Å². The molecule has 0 amide bonds. The summed E-state index contributed by atoms with van der Waals surface area (Å²) in [5, 5.41) is 0.0729. The Labute approximate surface area is 61.1 Å². The minimum absolute atomic E-state index is 0.0729. The quantitative estimate of drug-likeness (QED) is 0.427. The Hall–Kier alpha value is -0.0200. The van der Waals surface area contributed by atoms with E-state index in [1.165, 1.54) is 10.8 Å². The minimum atomic E-state index is -0.766. The molecule has 0 bridgehead atoms. The van der Waals surface area contributed by atoms with Gasteiger partial charge >= 0.3 is 0 Å². The van der Waals surface area contributed by atoms with Crippen LogP contribution in [0, 0.1) is 0 Å². The number of hydrogen-bond donors (Lipinski definition) is 0. The summed E-state index contributed by atoms with van der Waals surface area (Å²) in [6.45, 7) is 3.58. The van der Waals surface area contributed by atoms with E-state index in [1.54, 1.807) is 6.08 Å². The predicted molar refractivity (Wildman–Crippen MR) is 43.7 cm³/mol. The predicted octanol–water partition coefficient (Wildman–Crippen LogP) is 1.51. The van der Waals surface area contributed by atoms with Gasteiger partial charge in [0.25, 0.3) is 0 Å². The summed E-state index contributed by atoms with van der Waals surface area (Å²) in [7, 11) is 0.699. The molecular weight excluding hydrogens is 152 g/mol. The summed E-state index contributed by atoms with van der Waals surface area (Å²) >= 11 is 0. The number of hydrogen-bond acceptors (Lipinski definition) is 2. The van der Waals surface area contributed by atoms with Crippen LogP contribution < -0.4 is 0 Å². The van der Waals surface area contributed by atoms with Gasteiger partial charge in [-0.2, -0.15) is 0 Å². The van der Waals surface area contributed by atoms with E-state index in [0.29, 0.717) is 0 Å². The Kier molecular flexibility index (Phi) is 2.54. The molecule has 0 aliphatic carbocycles. The van der Waals surface area contributed by atoms with Crippen LogP contribution in [0.4, 0.5) is 0 Å². The molecule has 1 heterocycles. The fourth-order valence-electron chi connectivity index (χ4n) is 0.596. The van der Waals surface area contributed by atoms with E-state index in [4.69, 9.17) is 0 Å². The highest BCUT2D eigenvalue weighted by atomic mass is 33.1. The van der Waals surface area contributed by atoms with Crippen molar-refractivity contribution in [1.29, 1.82) is 0 Å². The van der Waals surface area contributed by atoms with Crippen LogP contribution >= 0.6 is 10.8 Å². The third kappa shape index (κ3) is 1.69. The summed E-state index contributed by atoms with van der Waals surface area (Å²) in [5.41, 5.74) is 0. The molecule has 0 aromatic heterocycles. The van der Waals surface area contributed by atoms with Gasteiger partial charge in [-0.3, -0.25) is 0 Å². The monoisotopic (exact) mass is 160 g/mol. The maximum atomic E-state index is 11.0. The summed E-state index contributed by atoms with van der Waals surface area (Å²) < 4.78 is 11.0. The smallest absolute Gasteiger partial charge is 0.0915 e. The van der Waals surface area contributed by atoms with Crippen molar-refractivity contribution in [2.24, 2.45) is 0 Å². The van der Waals surface area contributed by atoms with Crippen LogP contribution in [-0.4, -0.2) is 15.2 Å². The standard InChI is InChI=1S/C6H8OS2/c1-2-6-4-3-5-8-9(6)7/h2-4,6H,1,5H2/t6-,9+/m0/s1. The zero-order chi connectivity index (χ0) is 6.69. The molecule has 1 rings (SSSR count). The van der Waals surface area contributed by atoms with Crippen molar-refractivity contribution in [3.05, 3.63) is 24.8 Å². The Morgan fingerprint density at radius 3 is 3.11 bits per heavy atom. The Morgan fingerprint density at radius 2 is 2.67 bits per heavy atom. The third-order valence-corrected chi connectivity index (χ3v) is 4.19. The van der Waals surface area contributed by atoms with Crippen molar-refractivity contribution in [1.82, 2.24) is 0 Å². The lowest BCUT2D eigenvalue weighted by Crippen LogP contribution is -2.08. The second kappa shape index (κ2) is 3.22. The highest BCUT2D eigenvalue weighted by Gasteiger charge is 2.12. The van der Waals surface area contributed by atoms with Crippen molar-refractivity contribution in [2.75, 3.05) is 5.75 Å². The van der Waals surface area contributed by atoms with E-state index < -0.39 is 9.83 Å². The molecule has 3 heteroatoms. The molecule has 1 aliphatic rings. The molecule has 0 N–H and O–H groups in total. The van der Waals surface area contributed by atoms with Crippen molar-refractivity contribution in [2.45, 2.75) is 5.25 Å². The van der Waals surface area contributed by atoms with Crippen LogP contribution in [0.5, 0.6) is 0 Å². The lowest BCUT2D eigenvalue weighted by molar-refractivity contribution is 0.690. The van der Waals surface area contributed by atoms with Gasteiger partial charge in [0, 0.05) is 5.75 Å². The van der Waals surface area contributed by atoms with Gasteiger partial charge in [0.15, 0.2) is 0 Å². The summed E-state index contributed by atoms with van der Waals surface area (Å²) in [6, 6.07) is 0. The molecule has 0 unspecified atom stereocenters. The first kappa shape index (κ1) is 7.09. The van der Waals surface area contributed by atoms with Gasteiger partial charge in [-0.15, -0.1) is 6.58 Å². The fourth-order valence-corrected chi connectivity index (χ4v) is 3.01. The van der Waals surface area contributed by atoms with Gasteiger partial charge in [-0.05, 0) is 0 Å². The van der Waals surface area contributed by atoms with Gasteiger partial charge in [0.2, 0.25) is 0 Å². The average molecular weight is 160 g/mol. The maximum Gasteiger partial charge on any atom is 0.0915 e. The lowest BCUT2D eigenvalue weighted by Gasteiger charge is -2.09. The van der Waals surface area contributed by atoms with Crippen LogP contribution in [-0.2, 0) is 9.83 Å². The first-order valence-corrected chi connectivity index (χ1v) is 5.39. The average Bonchev–Trinajstić information content (AvgIpc) is 1.89. The Balaban J connectivity index is 2.67. The van der Waals surface area contributed by atoms with E-state index in [-0.39, 0.29) is 5.25 Å². The molecule has 9 heavy (non-hydrogen) atoms. The maximum absolute atomic E-state index is 11.0. The van der Waals surface area contributed by atoms with Crippen LogP contribution in [0.25, 0.3) is 0 Å². The highest BCUT2D eigenvalue weighted by Crippen LogP contribution is 2.19. The molecule has 0 saturated heterocycles. The largest absolute Gasteiger partial charge is 0.247 e. The van der Waals surface area contributed by atoms with Gasteiger partial charge in [-0.25, -0.2) is 4.21 Å². The second-order valence-electron chi connectivity index (χ2n) is 1.67. The molecule has 1 aliphatic heterocycles.